The summed E-state index contributed by atoms with van der Waals surface area (Å²) < 4.78 is 7.92. The monoisotopic (exact) mass is 385 g/mol. The van der Waals surface area contributed by atoms with Crippen molar-refractivity contribution in [3.05, 3.63) is 67.2 Å². The summed E-state index contributed by atoms with van der Waals surface area (Å²) in [5.74, 6) is -0.341. The van der Waals surface area contributed by atoms with Gasteiger partial charge in [-0.15, -0.1) is 0 Å². The fourth-order valence-corrected chi connectivity index (χ4v) is 2.56. The molecule has 0 N–H and O–H groups in total. The van der Waals surface area contributed by atoms with E-state index in [0.717, 1.165) is 14.7 Å². The van der Waals surface area contributed by atoms with Crippen molar-refractivity contribution >= 4 is 45.3 Å². The smallest absolute Gasteiger partial charge is 0.408 e. The Hall–Kier alpha value is -1.27. The first-order valence-electron chi connectivity index (χ1n) is 5.67. The number of fused-ring (bicyclic) bond motifs is 1. The highest BCUT2D eigenvalue weighted by Gasteiger charge is 2.09. The quantitative estimate of drug-likeness (QED) is 0.627. The molecule has 3 nitrogen and oxygen atoms in total. The zero-order valence-corrected chi connectivity index (χ0v) is 12.7. The second kappa shape index (κ2) is 5.02. The predicted octanol–water partition coefficient (Wildman–Crippen LogP) is 3.90. The third-order valence-electron chi connectivity index (χ3n) is 2.88. The number of hydrogen-bond acceptors (Lipinski definition) is 2. The van der Waals surface area contributed by atoms with E-state index in [-0.39, 0.29) is 5.76 Å². The van der Waals surface area contributed by atoms with E-state index in [2.05, 4.69) is 22.6 Å². The Kier molecular flexibility index (Phi) is 3.36. The molecule has 3 aromatic rings. The Morgan fingerprint density at radius 2 is 1.89 bits per heavy atom. The van der Waals surface area contributed by atoms with Crippen molar-refractivity contribution in [2.75, 3.05) is 0 Å². The van der Waals surface area contributed by atoms with Gasteiger partial charge < -0.3 is 4.42 Å². The fraction of sp³-hybridized carbons (Fsp3) is 0.0714. The van der Waals surface area contributed by atoms with Gasteiger partial charge in [0.15, 0.2) is 5.58 Å². The normalized spacial score (nSPS) is 11.1. The van der Waals surface area contributed by atoms with Gasteiger partial charge in [0.2, 0.25) is 0 Å². The highest BCUT2D eigenvalue weighted by atomic mass is 127. The first kappa shape index (κ1) is 12.7. The molecule has 0 amide bonds. The second-order valence-electron chi connectivity index (χ2n) is 4.19. The van der Waals surface area contributed by atoms with Gasteiger partial charge in [-0.2, -0.15) is 0 Å². The lowest BCUT2D eigenvalue weighted by Crippen LogP contribution is -2.14. The van der Waals surface area contributed by atoms with Crippen LogP contribution in [-0.4, -0.2) is 4.57 Å². The molecule has 0 aliphatic heterocycles. The number of oxazole rings is 1. The van der Waals surface area contributed by atoms with Crippen molar-refractivity contribution in [1.29, 1.82) is 0 Å². The van der Waals surface area contributed by atoms with Gasteiger partial charge in [-0.3, -0.25) is 4.57 Å². The Balaban J connectivity index is 2.09. The maximum Gasteiger partial charge on any atom is 0.420 e. The molecule has 19 heavy (non-hydrogen) atoms. The maximum absolute atomic E-state index is 11.9. The van der Waals surface area contributed by atoms with E-state index in [0.29, 0.717) is 17.2 Å². The fourth-order valence-electron chi connectivity index (χ4n) is 1.96. The minimum Gasteiger partial charge on any atom is -0.408 e. The second-order valence-corrected chi connectivity index (χ2v) is 5.87. The largest absolute Gasteiger partial charge is 0.420 e. The summed E-state index contributed by atoms with van der Waals surface area (Å²) in [6, 6.07) is 13.1. The van der Waals surface area contributed by atoms with Gasteiger partial charge in [0, 0.05) is 8.59 Å². The molecule has 5 heteroatoms. The van der Waals surface area contributed by atoms with Crippen molar-refractivity contribution in [2.24, 2.45) is 0 Å². The van der Waals surface area contributed by atoms with Gasteiger partial charge in [-0.05, 0) is 58.5 Å². The van der Waals surface area contributed by atoms with Gasteiger partial charge in [-0.25, -0.2) is 4.79 Å². The van der Waals surface area contributed by atoms with Crippen LogP contribution in [0.1, 0.15) is 5.56 Å². The summed E-state index contributed by atoms with van der Waals surface area (Å²) in [5, 5.41) is 0.683. The van der Waals surface area contributed by atoms with Crippen LogP contribution in [0.3, 0.4) is 0 Å². The summed E-state index contributed by atoms with van der Waals surface area (Å²) in [4.78, 5) is 11.9. The van der Waals surface area contributed by atoms with E-state index < -0.39 is 0 Å². The van der Waals surface area contributed by atoms with E-state index >= 15 is 0 Å². The predicted molar refractivity (Wildman–Crippen MR) is 83.7 cm³/mol. The molecule has 0 unspecified atom stereocenters. The van der Waals surface area contributed by atoms with Crippen molar-refractivity contribution < 1.29 is 4.42 Å². The summed E-state index contributed by atoms with van der Waals surface area (Å²) in [7, 11) is 0. The zero-order chi connectivity index (χ0) is 13.4. The number of aromatic nitrogens is 1. The minimum absolute atomic E-state index is 0.341. The summed E-state index contributed by atoms with van der Waals surface area (Å²) in [6.45, 7) is 0.475. The van der Waals surface area contributed by atoms with Crippen LogP contribution in [0.5, 0.6) is 0 Å². The molecule has 0 bridgehead atoms. The molecule has 0 atom stereocenters. The van der Waals surface area contributed by atoms with Crippen LogP contribution >= 0.6 is 34.2 Å². The van der Waals surface area contributed by atoms with Crippen LogP contribution in [-0.2, 0) is 6.54 Å². The molecule has 1 heterocycles. The Bertz CT molecular complexity index is 789. The van der Waals surface area contributed by atoms with Gasteiger partial charge in [0.25, 0.3) is 0 Å². The third kappa shape index (κ3) is 2.55. The topological polar surface area (TPSA) is 35.1 Å². The molecular formula is C14H9ClINO2. The molecule has 0 saturated carbocycles. The SMILES string of the molecule is O=c1oc2ccc(I)cc2n1Cc1ccc(Cl)cc1. The third-order valence-corrected chi connectivity index (χ3v) is 3.81. The van der Waals surface area contributed by atoms with Gasteiger partial charge >= 0.3 is 5.76 Å². The molecular weight excluding hydrogens is 377 g/mol. The highest BCUT2D eigenvalue weighted by Crippen LogP contribution is 2.18. The minimum atomic E-state index is -0.341. The van der Waals surface area contributed by atoms with Crippen molar-refractivity contribution in [3.63, 3.8) is 0 Å². The number of benzene rings is 2. The lowest BCUT2D eigenvalue weighted by atomic mass is 10.2. The van der Waals surface area contributed by atoms with E-state index in [1.165, 1.54) is 0 Å². The van der Waals surface area contributed by atoms with E-state index in [1.807, 2.05) is 42.5 Å². The van der Waals surface area contributed by atoms with E-state index in [4.69, 9.17) is 16.0 Å². The number of hydrogen-bond donors (Lipinski definition) is 0. The standard InChI is InChI=1S/C14H9ClINO2/c15-10-3-1-9(2-4-10)8-17-12-7-11(16)5-6-13(12)19-14(17)18/h1-7H,8H2. The maximum atomic E-state index is 11.9. The summed E-state index contributed by atoms with van der Waals surface area (Å²) in [5.41, 5.74) is 2.43. The number of rotatable bonds is 2. The molecule has 0 radical (unpaired) electrons. The Labute approximate surface area is 127 Å². The zero-order valence-electron chi connectivity index (χ0n) is 9.77. The number of nitrogens with zero attached hydrogens (tertiary/aromatic N) is 1. The highest BCUT2D eigenvalue weighted by molar-refractivity contribution is 14.1. The molecule has 3 rings (SSSR count). The molecule has 96 valence electrons. The first-order chi connectivity index (χ1) is 9.13. The molecule has 0 spiro atoms. The van der Waals surface area contributed by atoms with Crippen molar-refractivity contribution in [3.8, 4) is 0 Å². The van der Waals surface area contributed by atoms with Crippen LogP contribution in [0, 0.1) is 3.57 Å². The first-order valence-corrected chi connectivity index (χ1v) is 7.12. The average Bonchev–Trinajstić information content (AvgIpc) is 2.69. The summed E-state index contributed by atoms with van der Waals surface area (Å²) >= 11 is 8.07. The van der Waals surface area contributed by atoms with Crippen LogP contribution in [0.4, 0.5) is 0 Å². The number of halogens is 2. The van der Waals surface area contributed by atoms with E-state index in [1.54, 1.807) is 4.57 Å². The Morgan fingerprint density at radius 1 is 1.16 bits per heavy atom. The van der Waals surface area contributed by atoms with E-state index in [9.17, 15) is 4.79 Å². The average molecular weight is 386 g/mol. The van der Waals surface area contributed by atoms with Crippen LogP contribution in [0.2, 0.25) is 5.02 Å². The van der Waals surface area contributed by atoms with Gasteiger partial charge in [0.05, 0.1) is 12.1 Å². The molecule has 1 aromatic heterocycles. The van der Waals surface area contributed by atoms with Crippen LogP contribution < -0.4 is 5.76 Å². The van der Waals surface area contributed by atoms with Crippen LogP contribution in [0.15, 0.2) is 51.7 Å². The molecule has 0 aliphatic rings. The van der Waals surface area contributed by atoms with Crippen LogP contribution in [0.25, 0.3) is 11.1 Å². The van der Waals surface area contributed by atoms with Crippen molar-refractivity contribution in [1.82, 2.24) is 4.57 Å². The molecule has 2 aromatic carbocycles. The lowest BCUT2D eigenvalue weighted by molar-refractivity contribution is 0.517. The van der Waals surface area contributed by atoms with Gasteiger partial charge in [0.1, 0.15) is 0 Å². The summed E-state index contributed by atoms with van der Waals surface area (Å²) in [6.07, 6.45) is 0. The van der Waals surface area contributed by atoms with Crippen molar-refractivity contribution in [2.45, 2.75) is 6.54 Å². The molecule has 0 aliphatic carbocycles. The Morgan fingerprint density at radius 3 is 2.63 bits per heavy atom. The molecule has 0 saturated heterocycles. The lowest BCUT2D eigenvalue weighted by Gasteiger charge is -2.03. The van der Waals surface area contributed by atoms with Gasteiger partial charge in [-0.1, -0.05) is 23.7 Å². The molecule has 0 fully saturated rings.